The van der Waals surface area contributed by atoms with Crippen LogP contribution in [0, 0.1) is 5.82 Å². The first-order valence-corrected chi connectivity index (χ1v) is 15.7. The second-order valence-corrected chi connectivity index (χ2v) is 11.8. The molecule has 0 saturated carbocycles. The maximum absolute atomic E-state index is 13.8. The third-order valence-electron chi connectivity index (χ3n) is 6.81. The molecule has 3 aromatic carbocycles. The van der Waals surface area contributed by atoms with E-state index in [1.54, 1.807) is 36.1 Å². The highest BCUT2D eigenvalue weighted by Gasteiger charge is 2.30. The summed E-state index contributed by atoms with van der Waals surface area (Å²) in [6.45, 7) is 4.78. The molecule has 2 amide bonds. The number of unbranched alkanes of at least 4 members (excludes halogenated alkanes) is 2. The van der Waals surface area contributed by atoms with Gasteiger partial charge in [0.1, 0.15) is 11.9 Å². The number of hydrogen-bond acceptors (Lipinski definition) is 4. The minimum Gasteiger partial charge on any atom is -0.354 e. The van der Waals surface area contributed by atoms with E-state index in [-0.39, 0.29) is 35.5 Å². The zero-order chi connectivity index (χ0) is 29.7. The van der Waals surface area contributed by atoms with E-state index in [0.717, 1.165) is 36.0 Å². The van der Waals surface area contributed by atoms with Gasteiger partial charge in [0.05, 0.1) is 4.90 Å². The molecule has 0 aliphatic heterocycles. The fourth-order valence-electron chi connectivity index (χ4n) is 4.55. The van der Waals surface area contributed by atoms with E-state index in [1.165, 1.54) is 24.3 Å². The molecule has 0 aliphatic rings. The van der Waals surface area contributed by atoms with Crippen molar-refractivity contribution in [1.29, 1.82) is 0 Å². The maximum Gasteiger partial charge on any atom is 0.243 e. The van der Waals surface area contributed by atoms with Crippen LogP contribution in [0.1, 0.15) is 56.2 Å². The Kier molecular flexibility index (Phi) is 12.5. The summed E-state index contributed by atoms with van der Waals surface area (Å²) in [4.78, 5) is 29.1. The van der Waals surface area contributed by atoms with Crippen LogP contribution in [0.4, 0.5) is 4.39 Å². The van der Waals surface area contributed by atoms with Gasteiger partial charge in [0, 0.05) is 32.5 Å². The Morgan fingerprint density at radius 2 is 1.51 bits per heavy atom. The van der Waals surface area contributed by atoms with Crippen molar-refractivity contribution >= 4 is 21.8 Å². The van der Waals surface area contributed by atoms with Crippen LogP contribution < -0.4 is 10.0 Å². The maximum atomic E-state index is 13.8. The third kappa shape index (κ3) is 10.1. The first-order chi connectivity index (χ1) is 19.7. The Bertz CT molecular complexity index is 1350. The molecule has 0 bridgehead atoms. The Hall–Kier alpha value is -3.56. The zero-order valence-electron chi connectivity index (χ0n) is 23.8. The Morgan fingerprint density at radius 1 is 0.854 bits per heavy atom. The van der Waals surface area contributed by atoms with Gasteiger partial charge in [-0.15, -0.1) is 0 Å². The van der Waals surface area contributed by atoms with Crippen molar-refractivity contribution in [2.24, 2.45) is 0 Å². The molecular weight excluding hydrogens is 541 g/mol. The van der Waals surface area contributed by atoms with Gasteiger partial charge in [0.15, 0.2) is 0 Å². The van der Waals surface area contributed by atoms with Gasteiger partial charge in [0.25, 0.3) is 0 Å². The van der Waals surface area contributed by atoms with Crippen molar-refractivity contribution in [3.8, 4) is 0 Å². The normalized spacial score (nSPS) is 12.1. The topological polar surface area (TPSA) is 95.6 Å². The summed E-state index contributed by atoms with van der Waals surface area (Å²) in [6.07, 6.45) is 3.71. The summed E-state index contributed by atoms with van der Waals surface area (Å²) in [5, 5.41) is 3.02. The van der Waals surface area contributed by atoms with E-state index in [0.29, 0.717) is 25.9 Å². The molecule has 0 aromatic heterocycles. The molecule has 0 radical (unpaired) electrons. The predicted octanol–water partition coefficient (Wildman–Crippen LogP) is 5.00. The van der Waals surface area contributed by atoms with Crippen molar-refractivity contribution < 1.29 is 22.4 Å². The van der Waals surface area contributed by atoms with E-state index in [9.17, 15) is 22.4 Å². The minimum absolute atomic E-state index is 0.120. The average molecular weight is 582 g/mol. The molecule has 0 unspecified atom stereocenters. The standard InChI is InChI=1S/C32H40FN3O4S/c1-3-5-9-22-34-32(38)30(23-26-10-7-6-8-11-26)36(24-27-12-17-28(33)18-13-27)31(37)21-16-25-14-19-29(20-15-25)41(39,40)35-4-2/h6-8,10-15,17-20,30,35H,3-5,9,16,21-24H2,1-2H3,(H,34,38)/t30-/m1/s1. The van der Waals surface area contributed by atoms with Crippen molar-refractivity contribution in [2.45, 2.75) is 69.9 Å². The van der Waals surface area contributed by atoms with Crippen molar-refractivity contribution in [1.82, 2.24) is 14.9 Å². The number of nitrogens with zero attached hydrogens (tertiary/aromatic N) is 1. The molecule has 0 fully saturated rings. The van der Waals surface area contributed by atoms with Gasteiger partial charge in [0.2, 0.25) is 21.8 Å². The highest BCUT2D eigenvalue weighted by atomic mass is 32.2. The molecular formula is C32H40FN3O4S. The van der Waals surface area contributed by atoms with Gasteiger partial charge in [-0.1, -0.05) is 81.3 Å². The number of carbonyl (C=O) groups is 2. The number of sulfonamides is 1. The number of nitrogens with one attached hydrogen (secondary N) is 2. The lowest BCUT2D eigenvalue weighted by Crippen LogP contribution is -2.50. The smallest absolute Gasteiger partial charge is 0.243 e. The van der Waals surface area contributed by atoms with Crippen LogP contribution >= 0.6 is 0 Å². The Morgan fingerprint density at radius 3 is 2.15 bits per heavy atom. The van der Waals surface area contributed by atoms with Gasteiger partial charge in [-0.3, -0.25) is 9.59 Å². The van der Waals surface area contributed by atoms with Gasteiger partial charge in [-0.25, -0.2) is 17.5 Å². The monoisotopic (exact) mass is 581 g/mol. The molecule has 0 saturated heterocycles. The van der Waals surface area contributed by atoms with Crippen LogP contribution in [-0.2, 0) is 39.0 Å². The third-order valence-corrected chi connectivity index (χ3v) is 8.37. The second-order valence-electron chi connectivity index (χ2n) is 10.00. The minimum atomic E-state index is -3.57. The summed E-state index contributed by atoms with van der Waals surface area (Å²) in [6, 6.07) is 21.2. The number of rotatable bonds is 16. The number of aryl methyl sites for hydroxylation is 1. The fourth-order valence-corrected chi connectivity index (χ4v) is 5.59. The van der Waals surface area contributed by atoms with Gasteiger partial charge < -0.3 is 10.2 Å². The summed E-state index contributed by atoms with van der Waals surface area (Å²) in [7, 11) is -3.57. The molecule has 2 N–H and O–H groups in total. The molecule has 0 aliphatic carbocycles. The van der Waals surface area contributed by atoms with E-state index < -0.39 is 16.1 Å². The highest BCUT2D eigenvalue weighted by molar-refractivity contribution is 7.89. The summed E-state index contributed by atoms with van der Waals surface area (Å²) in [5.41, 5.74) is 2.45. The summed E-state index contributed by atoms with van der Waals surface area (Å²) >= 11 is 0. The lowest BCUT2D eigenvalue weighted by Gasteiger charge is -2.31. The van der Waals surface area contributed by atoms with Crippen LogP contribution in [0.25, 0.3) is 0 Å². The quantitative estimate of drug-likeness (QED) is 0.233. The van der Waals surface area contributed by atoms with Crippen molar-refractivity contribution in [3.05, 3.63) is 101 Å². The number of carbonyl (C=O) groups excluding carboxylic acids is 2. The van der Waals surface area contributed by atoms with Crippen LogP contribution in [0.3, 0.4) is 0 Å². The Labute approximate surface area is 243 Å². The van der Waals surface area contributed by atoms with E-state index in [1.807, 2.05) is 30.3 Å². The predicted molar refractivity (Wildman–Crippen MR) is 159 cm³/mol. The SMILES string of the molecule is CCCCCNC(=O)[C@@H](Cc1ccccc1)N(Cc1ccc(F)cc1)C(=O)CCc1ccc(S(=O)(=O)NCC)cc1. The number of benzene rings is 3. The first kappa shape index (κ1) is 32.0. The van der Waals surface area contributed by atoms with Crippen LogP contribution in [-0.4, -0.2) is 44.3 Å². The van der Waals surface area contributed by atoms with Gasteiger partial charge in [-0.05, 0) is 53.8 Å². The molecule has 9 heteroatoms. The zero-order valence-corrected chi connectivity index (χ0v) is 24.6. The largest absolute Gasteiger partial charge is 0.354 e. The molecule has 7 nitrogen and oxygen atoms in total. The second kappa shape index (κ2) is 16.0. The first-order valence-electron chi connectivity index (χ1n) is 14.2. The number of amides is 2. The lowest BCUT2D eigenvalue weighted by atomic mass is 10.0. The molecule has 1 atom stereocenters. The Balaban J connectivity index is 1.84. The highest BCUT2D eigenvalue weighted by Crippen LogP contribution is 2.18. The van der Waals surface area contributed by atoms with Crippen molar-refractivity contribution in [3.63, 3.8) is 0 Å². The van der Waals surface area contributed by atoms with E-state index in [4.69, 9.17) is 0 Å². The van der Waals surface area contributed by atoms with Gasteiger partial charge >= 0.3 is 0 Å². The molecule has 3 rings (SSSR count). The summed E-state index contributed by atoms with van der Waals surface area (Å²) < 4.78 is 40.6. The van der Waals surface area contributed by atoms with Crippen LogP contribution in [0.15, 0.2) is 83.8 Å². The number of halogens is 1. The van der Waals surface area contributed by atoms with E-state index in [2.05, 4.69) is 17.0 Å². The summed E-state index contributed by atoms with van der Waals surface area (Å²) in [5.74, 6) is -0.817. The van der Waals surface area contributed by atoms with Gasteiger partial charge in [-0.2, -0.15) is 0 Å². The van der Waals surface area contributed by atoms with Crippen molar-refractivity contribution in [2.75, 3.05) is 13.1 Å². The molecule has 3 aromatic rings. The fraction of sp³-hybridized carbons (Fsp3) is 0.375. The molecule has 0 spiro atoms. The van der Waals surface area contributed by atoms with Crippen LogP contribution in [0.2, 0.25) is 0 Å². The average Bonchev–Trinajstić information content (AvgIpc) is 2.97. The van der Waals surface area contributed by atoms with Crippen LogP contribution in [0.5, 0.6) is 0 Å². The molecule has 41 heavy (non-hydrogen) atoms. The number of hydrogen-bond donors (Lipinski definition) is 2. The van der Waals surface area contributed by atoms with E-state index >= 15 is 0 Å². The molecule has 220 valence electrons. The lowest BCUT2D eigenvalue weighted by molar-refractivity contribution is -0.141. The molecule has 0 heterocycles.